The van der Waals surface area contributed by atoms with Crippen molar-refractivity contribution in [2.24, 2.45) is 11.8 Å². The molecular formula is C34H38Cl2N4O5. The Kier molecular flexibility index (Phi) is 10.9. The number of ketones is 2. The SMILES string of the molecule is O=C(NC1CCCCC1)C(=O)[C@H](C[C@@H]1CCCNC1=O)NC(=O)[C@@H](CC(=O)c1cc2c(Cl)cc(Cl)cc2[nH]1)Cc1ccccc1. The highest BCUT2D eigenvalue weighted by molar-refractivity contribution is 6.39. The van der Waals surface area contributed by atoms with Gasteiger partial charge in [-0.2, -0.15) is 0 Å². The number of benzene rings is 2. The summed E-state index contributed by atoms with van der Waals surface area (Å²) in [4.78, 5) is 69.9. The molecule has 3 atom stereocenters. The van der Waals surface area contributed by atoms with Gasteiger partial charge in [-0.3, -0.25) is 24.0 Å². The first-order valence-electron chi connectivity index (χ1n) is 15.7. The number of aromatic nitrogens is 1. The molecule has 0 radical (unpaired) electrons. The van der Waals surface area contributed by atoms with Crippen LogP contribution in [0.2, 0.25) is 10.0 Å². The van der Waals surface area contributed by atoms with E-state index in [1.54, 1.807) is 18.2 Å². The predicted molar refractivity (Wildman–Crippen MR) is 173 cm³/mol. The number of nitrogens with one attached hydrogen (secondary N) is 4. The highest BCUT2D eigenvalue weighted by atomic mass is 35.5. The first-order valence-corrected chi connectivity index (χ1v) is 16.4. The van der Waals surface area contributed by atoms with E-state index >= 15 is 0 Å². The fourth-order valence-corrected chi connectivity index (χ4v) is 6.88. The number of rotatable bonds is 12. The van der Waals surface area contributed by atoms with Crippen molar-refractivity contribution in [1.82, 2.24) is 20.9 Å². The van der Waals surface area contributed by atoms with Gasteiger partial charge in [0.1, 0.15) is 0 Å². The van der Waals surface area contributed by atoms with Crippen LogP contribution in [0.15, 0.2) is 48.5 Å². The van der Waals surface area contributed by atoms with Gasteiger partial charge in [0.25, 0.3) is 5.91 Å². The number of carbonyl (C=O) groups is 5. The van der Waals surface area contributed by atoms with E-state index in [0.29, 0.717) is 33.9 Å². The molecule has 1 saturated heterocycles. The molecule has 0 bridgehead atoms. The van der Waals surface area contributed by atoms with Crippen molar-refractivity contribution in [3.05, 3.63) is 69.8 Å². The average molecular weight is 654 g/mol. The lowest BCUT2D eigenvalue weighted by atomic mass is 9.88. The smallest absolute Gasteiger partial charge is 0.289 e. The maximum atomic E-state index is 13.9. The summed E-state index contributed by atoms with van der Waals surface area (Å²) in [5.74, 6) is -3.97. The monoisotopic (exact) mass is 652 g/mol. The van der Waals surface area contributed by atoms with E-state index in [9.17, 15) is 24.0 Å². The summed E-state index contributed by atoms with van der Waals surface area (Å²) < 4.78 is 0. The quantitative estimate of drug-likeness (QED) is 0.155. The van der Waals surface area contributed by atoms with Crippen molar-refractivity contribution < 1.29 is 24.0 Å². The van der Waals surface area contributed by atoms with Crippen molar-refractivity contribution in [2.45, 2.75) is 76.3 Å². The average Bonchev–Trinajstić information content (AvgIpc) is 3.47. The fourth-order valence-electron chi connectivity index (χ4n) is 6.33. The van der Waals surface area contributed by atoms with Crippen molar-refractivity contribution in [3.63, 3.8) is 0 Å². The molecule has 45 heavy (non-hydrogen) atoms. The van der Waals surface area contributed by atoms with Crippen LogP contribution in [0, 0.1) is 11.8 Å². The largest absolute Gasteiger partial charge is 0.356 e. The van der Waals surface area contributed by atoms with Gasteiger partial charge < -0.3 is 20.9 Å². The maximum Gasteiger partial charge on any atom is 0.289 e. The van der Waals surface area contributed by atoms with Gasteiger partial charge in [0.05, 0.1) is 16.8 Å². The van der Waals surface area contributed by atoms with E-state index in [0.717, 1.165) is 44.1 Å². The van der Waals surface area contributed by atoms with Gasteiger partial charge in [-0.1, -0.05) is 72.8 Å². The Bertz CT molecular complexity index is 1570. The summed E-state index contributed by atoms with van der Waals surface area (Å²) in [5, 5.41) is 9.90. The van der Waals surface area contributed by atoms with Crippen LogP contribution in [0.4, 0.5) is 0 Å². The zero-order valence-corrected chi connectivity index (χ0v) is 26.5. The van der Waals surface area contributed by atoms with Crippen LogP contribution >= 0.6 is 23.2 Å². The van der Waals surface area contributed by atoms with Crippen LogP contribution in [0.5, 0.6) is 0 Å². The molecule has 2 aromatic carbocycles. The molecule has 2 heterocycles. The lowest BCUT2D eigenvalue weighted by molar-refractivity contribution is -0.141. The van der Waals surface area contributed by atoms with Gasteiger partial charge in [0.15, 0.2) is 5.78 Å². The molecule has 1 saturated carbocycles. The molecule has 9 nitrogen and oxygen atoms in total. The number of hydrogen-bond acceptors (Lipinski definition) is 5. The van der Waals surface area contributed by atoms with Crippen LogP contribution in [-0.4, -0.2) is 52.9 Å². The van der Waals surface area contributed by atoms with Gasteiger partial charge in [-0.15, -0.1) is 0 Å². The number of piperidine rings is 1. The molecule has 1 aliphatic heterocycles. The Morgan fingerprint density at radius 1 is 0.933 bits per heavy atom. The highest BCUT2D eigenvalue weighted by Crippen LogP contribution is 2.29. The molecule has 238 valence electrons. The van der Waals surface area contributed by atoms with Gasteiger partial charge in [-0.25, -0.2) is 0 Å². The van der Waals surface area contributed by atoms with Gasteiger partial charge in [0, 0.05) is 46.8 Å². The first-order chi connectivity index (χ1) is 21.7. The molecule has 3 amide bonds. The standard InChI is InChI=1S/C34H38Cl2N4O5/c35-23-17-26(36)25-19-28(39-27(25)18-23)30(41)16-22(14-20-8-3-1-4-9-20)33(44)40-29(15-21-10-7-13-37-32(21)43)31(42)34(45)38-24-11-5-2-6-12-24/h1,3-4,8-9,17-19,21-22,24,29,39H,2,5-7,10-16H2,(H,37,43)(H,38,45)(H,40,44)/t21-,22+,29-/m0/s1. The van der Waals surface area contributed by atoms with Gasteiger partial charge >= 0.3 is 0 Å². The van der Waals surface area contributed by atoms with Crippen LogP contribution in [0.1, 0.15) is 73.8 Å². The Labute approximate surface area is 272 Å². The van der Waals surface area contributed by atoms with E-state index in [4.69, 9.17) is 23.2 Å². The molecule has 4 N–H and O–H groups in total. The minimum Gasteiger partial charge on any atom is -0.356 e. The van der Waals surface area contributed by atoms with E-state index in [1.165, 1.54) is 0 Å². The molecule has 5 rings (SSSR count). The van der Waals surface area contributed by atoms with Crippen LogP contribution in [-0.2, 0) is 25.6 Å². The van der Waals surface area contributed by atoms with E-state index in [1.807, 2.05) is 30.3 Å². The third kappa shape index (κ3) is 8.52. The van der Waals surface area contributed by atoms with Crippen LogP contribution < -0.4 is 16.0 Å². The molecule has 3 aromatic rings. The predicted octanol–water partition coefficient (Wildman–Crippen LogP) is 5.33. The van der Waals surface area contributed by atoms with E-state index in [-0.39, 0.29) is 42.7 Å². The second kappa shape index (κ2) is 15.1. The van der Waals surface area contributed by atoms with Crippen LogP contribution in [0.25, 0.3) is 10.9 Å². The molecule has 11 heteroatoms. The third-order valence-electron chi connectivity index (χ3n) is 8.80. The Hall–Kier alpha value is -3.69. The molecular weight excluding hydrogens is 615 g/mol. The molecule has 0 spiro atoms. The number of hydrogen-bond donors (Lipinski definition) is 4. The summed E-state index contributed by atoms with van der Waals surface area (Å²) >= 11 is 12.5. The van der Waals surface area contributed by atoms with E-state index in [2.05, 4.69) is 20.9 Å². The number of halogens is 2. The molecule has 2 aliphatic rings. The summed E-state index contributed by atoms with van der Waals surface area (Å²) in [5.41, 5.74) is 1.71. The zero-order chi connectivity index (χ0) is 31.9. The molecule has 1 aliphatic carbocycles. The zero-order valence-electron chi connectivity index (χ0n) is 25.0. The number of carbonyl (C=O) groups excluding carboxylic acids is 5. The van der Waals surface area contributed by atoms with Crippen molar-refractivity contribution in [1.29, 1.82) is 0 Å². The third-order valence-corrected chi connectivity index (χ3v) is 9.33. The minimum atomic E-state index is -1.21. The second-order valence-electron chi connectivity index (χ2n) is 12.1. The normalized spacial score (nSPS) is 18.5. The Balaban J connectivity index is 1.37. The molecule has 0 unspecified atom stereocenters. The Morgan fingerprint density at radius 3 is 2.42 bits per heavy atom. The van der Waals surface area contributed by atoms with Crippen molar-refractivity contribution >= 4 is 63.4 Å². The summed E-state index contributed by atoms with van der Waals surface area (Å²) in [7, 11) is 0. The van der Waals surface area contributed by atoms with E-state index < -0.39 is 35.5 Å². The second-order valence-corrected chi connectivity index (χ2v) is 13.0. The van der Waals surface area contributed by atoms with Crippen molar-refractivity contribution in [3.8, 4) is 0 Å². The number of fused-ring (bicyclic) bond motifs is 1. The number of H-pyrrole nitrogens is 1. The lowest BCUT2D eigenvalue weighted by Crippen LogP contribution is -2.53. The molecule has 1 aromatic heterocycles. The lowest BCUT2D eigenvalue weighted by Gasteiger charge is -2.28. The number of Topliss-reactive ketones (excluding diaryl/α,β-unsaturated/α-hetero) is 2. The van der Waals surface area contributed by atoms with Crippen LogP contribution in [0.3, 0.4) is 0 Å². The molecule has 2 fully saturated rings. The fraction of sp³-hybridized carbons (Fsp3) is 0.441. The summed E-state index contributed by atoms with van der Waals surface area (Å²) in [6.07, 6.45) is 6.00. The maximum absolute atomic E-state index is 13.9. The number of aromatic amines is 1. The Morgan fingerprint density at radius 2 is 1.69 bits per heavy atom. The van der Waals surface area contributed by atoms with Gasteiger partial charge in [-0.05, 0) is 62.3 Å². The van der Waals surface area contributed by atoms with Gasteiger partial charge in [0.2, 0.25) is 17.6 Å². The minimum absolute atomic E-state index is 0.00176. The topological polar surface area (TPSA) is 137 Å². The summed E-state index contributed by atoms with van der Waals surface area (Å²) in [6.45, 7) is 0.551. The number of amides is 3. The first kappa shape index (κ1) is 32.7. The highest BCUT2D eigenvalue weighted by Gasteiger charge is 2.36. The summed E-state index contributed by atoms with van der Waals surface area (Å²) in [6, 6.07) is 12.9. The van der Waals surface area contributed by atoms with Crippen molar-refractivity contribution in [2.75, 3.05) is 6.54 Å².